The maximum absolute atomic E-state index is 13.0. The van der Waals surface area contributed by atoms with Crippen molar-refractivity contribution in [3.05, 3.63) is 29.6 Å². The molecular formula is C10H14FNO3S. The van der Waals surface area contributed by atoms with Crippen LogP contribution >= 0.6 is 0 Å². The molecule has 2 N–H and O–H groups in total. The zero-order chi connectivity index (χ0) is 12.3. The minimum Gasteiger partial charge on any atom is -0.395 e. The molecule has 0 spiro atoms. The summed E-state index contributed by atoms with van der Waals surface area (Å²) in [4.78, 5) is -0.00769. The van der Waals surface area contributed by atoms with Gasteiger partial charge >= 0.3 is 0 Å². The van der Waals surface area contributed by atoms with Crippen molar-refractivity contribution < 1.29 is 17.9 Å². The van der Waals surface area contributed by atoms with Gasteiger partial charge in [0.25, 0.3) is 0 Å². The van der Waals surface area contributed by atoms with Crippen molar-refractivity contribution >= 4 is 10.0 Å². The van der Waals surface area contributed by atoms with Crippen LogP contribution in [0.4, 0.5) is 4.39 Å². The SMILES string of the molecule is Cc1cc(S(=O)(=O)N[C@@H](C)CO)ccc1F. The Morgan fingerprint density at radius 3 is 2.62 bits per heavy atom. The third-order valence-electron chi connectivity index (χ3n) is 2.07. The number of rotatable bonds is 4. The highest BCUT2D eigenvalue weighted by Crippen LogP contribution is 2.14. The molecule has 0 aliphatic carbocycles. The first-order valence-electron chi connectivity index (χ1n) is 4.76. The molecule has 1 aromatic carbocycles. The molecule has 0 saturated carbocycles. The maximum Gasteiger partial charge on any atom is 0.240 e. The highest BCUT2D eigenvalue weighted by molar-refractivity contribution is 7.89. The molecule has 1 rings (SSSR count). The molecular weight excluding hydrogens is 233 g/mol. The van der Waals surface area contributed by atoms with Crippen molar-refractivity contribution in [3.63, 3.8) is 0 Å². The molecule has 0 amide bonds. The van der Waals surface area contributed by atoms with E-state index in [9.17, 15) is 12.8 Å². The molecule has 1 atom stereocenters. The standard InChI is InChI=1S/C10H14FNO3S/c1-7-5-9(3-4-10(7)11)16(14,15)12-8(2)6-13/h3-5,8,12-13H,6H2,1-2H3/t8-/m0/s1. The summed E-state index contributed by atoms with van der Waals surface area (Å²) in [5.74, 6) is -0.450. The first kappa shape index (κ1) is 13.1. The number of aliphatic hydroxyl groups excluding tert-OH is 1. The predicted molar refractivity (Wildman–Crippen MR) is 58.0 cm³/mol. The van der Waals surface area contributed by atoms with E-state index in [0.29, 0.717) is 0 Å². The third kappa shape index (κ3) is 3.01. The van der Waals surface area contributed by atoms with Gasteiger partial charge in [-0.1, -0.05) is 0 Å². The molecule has 0 aliphatic heterocycles. The summed E-state index contributed by atoms with van der Waals surface area (Å²) in [6.07, 6.45) is 0. The number of nitrogens with one attached hydrogen (secondary N) is 1. The average molecular weight is 247 g/mol. The molecule has 16 heavy (non-hydrogen) atoms. The van der Waals surface area contributed by atoms with E-state index >= 15 is 0 Å². The molecule has 6 heteroatoms. The van der Waals surface area contributed by atoms with Crippen LogP contribution in [0.25, 0.3) is 0 Å². The molecule has 1 aromatic rings. The topological polar surface area (TPSA) is 66.4 Å². The minimum absolute atomic E-state index is 0.00769. The van der Waals surface area contributed by atoms with Crippen LogP contribution in [-0.2, 0) is 10.0 Å². The maximum atomic E-state index is 13.0. The Bertz CT molecular complexity index is 473. The molecule has 0 aliphatic rings. The van der Waals surface area contributed by atoms with Crippen molar-refractivity contribution in [2.24, 2.45) is 0 Å². The second-order valence-corrected chi connectivity index (χ2v) is 5.33. The van der Waals surface area contributed by atoms with Gasteiger partial charge in [-0.2, -0.15) is 0 Å². The smallest absolute Gasteiger partial charge is 0.240 e. The van der Waals surface area contributed by atoms with Crippen molar-refractivity contribution in [3.8, 4) is 0 Å². The number of aliphatic hydroxyl groups is 1. The van der Waals surface area contributed by atoms with Crippen LogP contribution in [-0.4, -0.2) is 26.2 Å². The van der Waals surface area contributed by atoms with Gasteiger partial charge in [0.15, 0.2) is 0 Å². The quantitative estimate of drug-likeness (QED) is 0.826. The van der Waals surface area contributed by atoms with E-state index < -0.39 is 21.9 Å². The highest BCUT2D eigenvalue weighted by atomic mass is 32.2. The monoisotopic (exact) mass is 247 g/mol. The van der Waals surface area contributed by atoms with Crippen molar-refractivity contribution in [2.75, 3.05) is 6.61 Å². The lowest BCUT2D eigenvalue weighted by Gasteiger charge is -2.11. The summed E-state index contributed by atoms with van der Waals surface area (Å²) in [6.45, 7) is 2.73. The fraction of sp³-hybridized carbons (Fsp3) is 0.400. The largest absolute Gasteiger partial charge is 0.395 e. The molecule has 0 saturated heterocycles. The van der Waals surface area contributed by atoms with Gasteiger partial charge in [0.05, 0.1) is 11.5 Å². The van der Waals surface area contributed by atoms with E-state index in [1.807, 2.05) is 0 Å². The van der Waals surface area contributed by atoms with E-state index in [4.69, 9.17) is 5.11 Å². The van der Waals surface area contributed by atoms with Gasteiger partial charge in [0.1, 0.15) is 5.82 Å². The lowest BCUT2D eigenvalue weighted by molar-refractivity contribution is 0.265. The van der Waals surface area contributed by atoms with Crippen molar-refractivity contribution in [1.29, 1.82) is 0 Å². The molecule has 0 bridgehead atoms. The molecule has 0 fully saturated rings. The number of sulfonamides is 1. The fourth-order valence-electron chi connectivity index (χ4n) is 1.15. The summed E-state index contributed by atoms with van der Waals surface area (Å²) in [6, 6.07) is 2.97. The minimum atomic E-state index is -3.69. The average Bonchev–Trinajstić information content (AvgIpc) is 2.21. The Kier molecular flexibility index (Phi) is 4.01. The number of hydrogen-bond donors (Lipinski definition) is 2. The zero-order valence-corrected chi connectivity index (χ0v) is 9.88. The first-order valence-corrected chi connectivity index (χ1v) is 6.24. The second kappa shape index (κ2) is 4.90. The lowest BCUT2D eigenvalue weighted by Crippen LogP contribution is -2.35. The van der Waals surface area contributed by atoms with Gasteiger partial charge in [0.2, 0.25) is 10.0 Å². The third-order valence-corrected chi connectivity index (χ3v) is 3.66. The van der Waals surface area contributed by atoms with Gasteiger partial charge < -0.3 is 5.11 Å². The van der Waals surface area contributed by atoms with E-state index in [0.717, 1.165) is 6.07 Å². The van der Waals surface area contributed by atoms with Crippen LogP contribution in [0.15, 0.2) is 23.1 Å². The molecule has 0 unspecified atom stereocenters. The molecule has 0 heterocycles. The van der Waals surface area contributed by atoms with Gasteiger partial charge in [-0.15, -0.1) is 0 Å². The van der Waals surface area contributed by atoms with Crippen LogP contribution in [0, 0.1) is 12.7 Å². The summed E-state index contributed by atoms with van der Waals surface area (Å²) >= 11 is 0. The molecule has 90 valence electrons. The first-order chi connectivity index (χ1) is 7.36. The van der Waals surface area contributed by atoms with Crippen LogP contribution in [0.1, 0.15) is 12.5 Å². The Hall–Kier alpha value is -0.980. The Morgan fingerprint density at radius 1 is 1.50 bits per heavy atom. The van der Waals surface area contributed by atoms with Crippen LogP contribution in [0.5, 0.6) is 0 Å². The van der Waals surface area contributed by atoms with Crippen LogP contribution < -0.4 is 4.72 Å². The van der Waals surface area contributed by atoms with Crippen molar-refractivity contribution in [2.45, 2.75) is 24.8 Å². The Balaban J connectivity index is 3.03. The summed E-state index contributed by atoms with van der Waals surface area (Å²) in [5.41, 5.74) is 0.263. The lowest BCUT2D eigenvalue weighted by atomic mass is 10.2. The molecule has 0 aromatic heterocycles. The normalized spacial score (nSPS) is 13.8. The highest BCUT2D eigenvalue weighted by Gasteiger charge is 2.17. The van der Waals surface area contributed by atoms with Crippen molar-refractivity contribution in [1.82, 2.24) is 4.72 Å². The van der Waals surface area contributed by atoms with Crippen LogP contribution in [0.2, 0.25) is 0 Å². The number of aryl methyl sites for hydroxylation is 1. The Labute approximate surface area is 94.2 Å². The zero-order valence-electron chi connectivity index (χ0n) is 9.07. The van der Waals surface area contributed by atoms with Gasteiger partial charge in [-0.05, 0) is 37.6 Å². The summed E-state index contributed by atoms with van der Waals surface area (Å²) < 4.78 is 38.7. The molecule has 0 radical (unpaired) electrons. The van der Waals surface area contributed by atoms with Crippen LogP contribution in [0.3, 0.4) is 0 Å². The van der Waals surface area contributed by atoms with Gasteiger partial charge in [0, 0.05) is 6.04 Å². The van der Waals surface area contributed by atoms with E-state index in [2.05, 4.69) is 4.72 Å². The predicted octanol–water partition coefficient (Wildman–Crippen LogP) is 0.793. The second-order valence-electron chi connectivity index (χ2n) is 3.62. The Morgan fingerprint density at radius 2 is 2.12 bits per heavy atom. The number of halogens is 1. The van der Waals surface area contributed by atoms with Gasteiger partial charge in [-0.25, -0.2) is 17.5 Å². The molecule has 4 nitrogen and oxygen atoms in total. The number of benzene rings is 1. The van der Waals surface area contributed by atoms with E-state index in [1.165, 1.54) is 26.0 Å². The van der Waals surface area contributed by atoms with E-state index in [-0.39, 0.29) is 17.1 Å². The number of hydrogen-bond acceptors (Lipinski definition) is 3. The summed E-state index contributed by atoms with van der Waals surface area (Å²) in [5, 5.41) is 8.76. The fourth-order valence-corrected chi connectivity index (χ4v) is 2.47. The van der Waals surface area contributed by atoms with Gasteiger partial charge in [-0.3, -0.25) is 0 Å². The summed E-state index contributed by atoms with van der Waals surface area (Å²) in [7, 11) is -3.69. The van der Waals surface area contributed by atoms with E-state index in [1.54, 1.807) is 0 Å².